The fourth-order valence-corrected chi connectivity index (χ4v) is 2.59. The second-order valence-corrected chi connectivity index (χ2v) is 6.96. The van der Waals surface area contributed by atoms with Gasteiger partial charge in [0.1, 0.15) is 5.76 Å². The van der Waals surface area contributed by atoms with E-state index in [4.69, 9.17) is 4.42 Å². The third-order valence-electron chi connectivity index (χ3n) is 4.54. The molecule has 2 rings (SSSR count). The first-order valence-electron chi connectivity index (χ1n) is 8.82. The number of rotatable bonds is 6. The van der Waals surface area contributed by atoms with E-state index < -0.39 is 0 Å². The highest BCUT2D eigenvalue weighted by Gasteiger charge is 2.21. The number of hydrogen-bond donors (Lipinski definition) is 2. The average molecular weight is 470 g/mol. The summed E-state index contributed by atoms with van der Waals surface area (Å²) in [5, 5.41) is 6.65. The molecule has 1 aromatic heterocycles. The summed E-state index contributed by atoms with van der Waals surface area (Å²) in [4.78, 5) is 8.66. The van der Waals surface area contributed by atoms with Gasteiger partial charge in [0.15, 0.2) is 5.96 Å². The zero-order valence-corrected chi connectivity index (χ0v) is 19.0. The van der Waals surface area contributed by atoms with Crippen LogP contribution in [0.4, 0.5) is 0 Å². The van der Waals surface area contributed by atoms with E-state index in [9.17, 15) is 0 Å². The normalized spacial score (nSPS) is 11.8. The Kier molecular flexibility index (Phi) is 8.59. The van der Waals surface area contributed by atoms with E-state index in [-0.39, 0.29) is 29.4 Å². The Morgan fingerprint density at radius 3 is 2.31 bits per heavy atom. The van der Waals surface area contributed by atoms with Crippen LogP contribution in [0.1, 0.15) is 49.2 Å². The van der Waals surface area contributed by atoms with E-state index in [1.165, 1.54) is 11.1 Å². The molecular formula is C20H31IN4O. The van der Waals surface area contributed by atoms with Gasteiger partial charge in [0.25, 0.3) is 0 Å². The Hall–Kier alpha value is -1.57. The van der Waals surface area contributed by atoms with E-state index >= 15 is 0 Å². The van der Waals surface area contributed by atoms with E-state index in [0.717, 1.165) is 30.4 Å². The van der Waals surface area contributed by atoms with Crippen LogP contribution in [0.15, 0.2) is 33.7 Å². The molecule has 144 valence electrons. The van der Waals surface area contributed by atoms with Crippen molar-refractivity contribution >= 4 is 29.9 Å². The van der Waals surface area contributed by atoms with Crippen LogP contribution in [0.2, 0.25) is 0 Å². The zero-order valence-electron chi connectivity index (χ0n) is 16.6. The van der Waals surface area contributed by atoms with Crippen molar-refractivity contribution in [2.45, 2.75) is 53.0 Å². The average Bonchev–Trinajstić information content (AvgIpc) is 2.93. The molecule has 0 aliphatic rings. The summed E-state index contributed by atoms with van der Waals surface area (Å²) < 4.78 is 5.59. The molecule has 0 saturated carbocycles. The van der Waals surface area contributed by atoms with Gasteiger partial charge in [0.05, 0.1) is 12.2 Å². The molecule has 0 unspecified atom stereocenters. The summed E-state index contributed by atoms with van der Waals surface area (Å²) in [6.07, 6.45) is 1.06. The number of nitrogens with one attached hydrogen (secondary N) is 2. The van der Waals surface area contributed by atoms with E-state index in [1.807, 2.05) is 13.8 Å². The zero-order chi connectivity index (χ0) is 18.4. The van der Waals surface area contributed by atoms with Gasteiger partial charge in [-0.1, -0.05) is 45.0 Å². The van der Waals surface area contributed by atoms with Gasteiger partial charge in [0.2, 0.25) is 5.89 Å². The number of nitrogens with zero attached hydrogens (tertiary/aromatic N) is 2. The molecule has 0 amide bonds. The summed E-state index contributed by atoms with van der Waals surface area (Å²) >= 11 is 0. The van der Waals surface area contributed by atoms with Gasteiger partial charge in [-0.15, -0.1) is 24.0 Å². The summed E-state index contributed by atoms with van der Waals surface area (Å²) in [5.41, 5.74) is 3.60. The highest BCUT2D eigenvalue weighted by Crippen LogP contribution is 2.22. The third-order valence-corrected chi connectivity index (χ3v) is 4.54. The quantitative estimate of drug-likeness (QED) is 0.379. The Balaban J connectivity index is 0.00000338. The largest absolute Gasteiger partial charge is 0.444 e. The smallest absolute Gasteiger partial charge is 0.214 e. The fourth-order valence-electron chi connectivity index (χ4n) is 2.59. The second-order valence-electron chi connectivity index (χ2n) is 6.96. The molecule has 0 bridgehead atoms. The molecule has 0 atom stereocenters. The molecule has 0 radical (unpaired) electrons. The highest BCUT2D eigenvalue weighted by molar-refractivity contribution is 14.0. The van der Waals surface area contributed by atoms with Crippen molar-refractivity contribution in [3.8, 4) is 0 Å². The van der Waals surface area contributed by atoms with Crippen molar-refractivity contribution < 1.29 is 4.42 Å². The Labute approximate surface area is 174 Å². The van der Waals surface area contributed by atoms with Gasteiger partial charge in [-0.3, -0.25) is 4.99 Å². The maximum Gasteiger partial charge on any atom is 0.214 e. The molecule has 6 heteroatoms. The number of aliphatic imine (C=N–C) groups is 1. The lowest BCUT2D eigenvalue weighted by Crippen LogP contribution is -2.43. The van der Waals surface area contributed by atoms with E-state index in [1.54, 1.807) is 7.05 Å². The van der Waals surface area contributed by atoms with Crippen LogP contribution >= 0.6 is 24.0 Å². The molecule has 2 aromatic rings. The summed E-state index contributed by atoms with van der Waals surface area (Å²) in [7, 11) is 1.77. The van der Waals surface area contributed by atoms with Gasteiger partial charge < -0.3 is 15.1 Å². The molecule has 0 spiro atoms. The fraction of sp³-hybridized carbons (Fsp3) is 0.500. The maximum atomic E-state index is 5.59. The van der Waals surface area contributed by atoms with Gasteiger partial charge in [-0.25, -0.2) is 4.98 Å². The van der Waals surface area contributed by atoms with Crippen LogP contribution in [0, 0.1) is 13.8 Å². The lowest BCUT2D eigenvalue weighted by molar-refractivity contribution is 0.461. The molecule has 5 nitrogen and oxygen atoms in total. The molecular weight excluding hydrogens is 439 g/mol. The van der Waals surface area contributed by atoms with Crippen molar-refractivity contribution in [2.75, 3.05) is 13.6 Å². The van der Waals surface area contributed by atoms with Crippen molar-refractivity contribution in [3.63, 3.8) is 0 Å². The van der Waals surface area contributed by atoms with Crippen molar-refractivity contribution in [2.24, 2.45) is 4.99 Å². The standard InChI is InChI=1S/C20H30N4O.HI/c1-7-16-8-10-17(11-9-16)20(4,5)13-23-19(21-6)22-12-18-24-14(2)15(3)25-18;/h8-11H,7,12-13H2,1-6H3,(H2,21,22,23);1H. The number of oxazole rings is 1. The van der Waals surface area contributed by atoms with E-state index in [2.05, 4.69) is 65.6 Å². The topological polar surface area (TPSA) is 62.5 Å². The highest BCUT2D eigenvalue weighted by atomic mass is 127. The molecule has 1 aromatic carbocycles. The van der Waals surface area contributed by atoms with Crippen LogP contribution in [0.25, 0.3) is 0 Å². The summed E-state index contributed by atoms with van der Waals surface area (Å²) in [6.45, 7) is 11.8. The SMILES string of the molecule is CCc1ccc(C(C)(C)CNC(=NC)NCc2nc(C)c(C)o2)cc1.I. The molecule has 0 fully saturated rings. The van der Waals surface area contributed by atoms with Crippen LogP contribution in [-0.2, 0) is 18.4 Å². The number of aryl methyl sites for hydroxylation is 3. The monoisotopic (exact) mass is 470 g/mol. The lowest BCUT2D eigenvalue weighted by atomic mass is 9.84. The van der Waals surface area contributed by atoms with Crippen LogP contribution in [0.3, 0.4) is 0 Å². The van der Waals surface area contributed by atoms with Crippen LogP contribution in [-0.4, -0.2) is 24.5 Å². The first kappa shape index (κ1) is 22.5. The molecule has 0 saturated heterocycles. The van der Waals surface area contributed by atoms with E-state index in [0.29, 0.717) is 12.4 Å². The first-order valence-corrected chi connectivity index (χ1v) is 8.82. The van der Waals surface area contributed by atoms with Gasteiger partial charge in [-0.05, 0) is 31.4 Å². The van der Waals surface area contributed by atoms with Crippen molar-refractivity contribution in [3.05, 3.63) is 52.7 Å². The predicted octanol–water partition coefficient (Wildman–Crippen LogP) is 4.11. The number of hydrogen-bond acceptors (Lipinski definition) is 3. The Morgan fingerprint density at radius 1 is 1.15 bits per heavy atom. The first-order chi connectivity index (χ1) is 11.9. The molecule has 2 N–H and O–H groups in total. The second kappa shape index (κ2) is 9.94. The predicted molar refractivity (Wildman–Crippen MR) is 118 cm³/mol. The minimum atomic E-state index is -0.000000367. The maximum absolute atomic E-state index is 5.59. The summed E-state index contributed by atoms with van der Waals surface area (Å²) in [5.74, 6) is 2.27. The van der Waals surface area contributed by atoms with Crippen molar-refractivity contribution in [1.82, 2.24) is 15.6 Å². The summed E-state index contributed by atoms with van der Waals surface area (Å²) in [6, 6.07) is 8.85. The van der Waals surface area contributed by atoms with Crippen LogP contribution < -0.4 is 10.6 Å². The minimum Gasteiger partial charge on any atom is -0.444 e. The number of halogens is 1. The Bertz CT molecular complexity index is 700. The van der Waals surface area contributed by atoms with Gasteiger partial charge >= 0.3 is 0 Å². The number of guanidine groups is 1. The third kappa shape index (κ3) is 6.00. The number of benzene rings is 1. The molecule has 1 heterocycles. The lowest BCUT2D eigenvalue weighted by Gasteiger charge is -2.27. The van der Waals surface area contributed by atoms with Crippen LogP contribution in [0.5, 0.6) is 0 Å². The van der Waals surface area contributed by atoms with Gasteiger partial charge in [0, 0.05) is 19.0 Å². The van der Waals surface area contributed by atoms with Crippen molar-refractivity contribution in [1.29, 1.82) is 0 Å². The molecule has 0 aliphatic heterocycles. The molecule has 26 heavy (non-hydrogen) atoms. The Morgan fingerprint density at radius 2 is 1.81 bits per heavy atom. The minimum absolute atomic E-state index is 0. The van der Waals surface area contributed by atoms with Gasteiger partial charge in [-0.2, -0.15) is 0 Å². The number of aromatic nitrogens is 1. The molecule has 0 aliphatic carbocycles.